The van der Waals surface area contributed by atoms with Crippen molar-refractivity contribution < 1.29 is 0 Å². The SMILES string of the molecule is CC(CN)N(C)c1ccnc2ccn(C)c12. The Morgan fingerprint density at radius 1 is 1.50 bits per heavy atom. The van der Waals surface area contributed by atoms with Gasteiger partial charge >= 0.3 is 0 Å². The number of aromatic nitrogens is 2. The van der Waals surface area contributed by atoms with Crippen LogP contribution in [-0.2, 0) is 7.05 Å². The van der Waals surface area contributed by atoms with Crippen molar-refractivity contribution in [3.05, 3.63) is 24.5 Å². The second-order valence-electron chi connectivity index (χ2n) is 4.19. The van der Waals surface area contributed by atoms with E-state index in [1.54, 1.807) is 0 Å². The molecule has 0 fully saturated rings. The molecule has 4 heteroatoms. The molecule has 2 aromatic rings. The molecule has 0 aliphatic heterocycles. The molecule has 16 heavy (non-hydrogen) atoms. The van der Waals surface area contributed by atoms with E-state index in [1.165, 1.54) is 5.69 Å². The maximum Gasteiger partial charge on any atom is 0.0903 e. The van der Waals surface area contributed by atoms with Crippen LogP contribution in [0.25, 0.3) is 11.0 Å². The van der Waals surface area contributed by atoms with Crippen molar-refractivity contribution in [2.24, 2.45) is 12.8 Å². The number of fused-ring (bicyclic) bond motifs is 1. The van der Waals surface area contributed by atoms with Crippen LogP contribution >= 0.6 is 0 Å². The van der Waals surface area contributed by atoms with Gasteiger partial charge in [-0.25, -0.2) is 0 Å². The highest BCUT2D eigenvalue weighted by molar-refractivity contribution is 5.89. The normalized spacial score (nSPS) is 13.0. The predicted molar refractivity (Wildman–Crippen MR) is 67.6 cm³/mol. The minimum atomic E-state index is 0.320. The Morgan fingerprint density at radius 2 is 2.25 bits per heavy atom. The number of aryl methyl sites for hydroxylation is 1. The summed E-state index contributed by atoms with van der Waals surface area (Å²) in [5.74, 6) is 0. The number of nitrogens with two attached hydrogens (primary N) is 1. The lowest BCUT2D eigenvalue weighted by Gasteiger charge is -2.26. The van der Waals surface area contributed by atoms with Crippen LogP contribution in [0.2, 0.25) is 0 Å². The third-order valence-electron chi connectivity index (χ3n) is 3.12. The summed E-state index contributed by atoms with van der Waals surface area (Å²) in [7, 11) is 4.10. The summed E-state index contributed by atoms with van der Waals surface area (Å²) >= 11 is 0. The molecule has 0 spiro atoms. The van der Waals surface area contributed by atoms with Gasteiger partial charge in [0.2, 0.25) is 0 Å². The number of hydrogen-bond acceptors (Lipinski definition) is 3. The first kappa shape index (κ1) is 11.0. The topological polar surface area (TPSA) is 47.1 Å². The fraction of sp³-hybridized carbons (Fsp3) is 0.417. The molecule has 0 aliphatic rings. The van der Waals surface area contributed by atoms with Crippen LogP contribution in [0.4, 0.5) is 5.69 Å². The average Bonchev–Trinajstić information content (AvgIpc) is 2.69. The van der Waals surface area contributed by atoms with Crippen LogP contribution in [0.15, 0.2) is 24.5 Å². The molecule has 2 N–H and O–H groups in total. The lowest BCUT2D eigenvalue weighted by atomic mass is 10.2. The molecule has 0 saturated carbocycles. The maximum atomic E-state index is 5.70. The predicted octanol–water partition coefficient (Wildman–Crippen LogP) is 1.36. The van der Waals surface area contributed by atoms with Gasteiger partial charge in [0.05, 0.1) is 16.7 Å². The molecule has 2 rings (SSSR count). The van der Waals surface area contributed by atoms with Gasteiger partial charge in [-0.2, -0.15) is 0 Å². The minimum absolute atomic E-state index is 0.320. The summed E-state index contributed by atoms with van der Waals surface area (Å²) in [6.45, 7) is 2.76. The molecular formula is C12H18N4. The largest absolute Gasteiger partial charge is 0.369 e. The third kappa shape index (κ3) is 1.65. The first-order valence-electron chi connectivity index (χ1n) is 5.48. The molecule has 0 bridgehead atoms. The molecule has 2 heterocycles. The number of pyridine rings is 1. The number of likely N-dealkylation sites (N-methyl/N-ethyl adjacent to an activating group) is 1. The van der Waals surface area contributed by atoms with Crippen molar-refractivity contribution in [3.63, 3.8) is 0 Å². The Balaban J connectivity index is 2.55. The molecule has 0 radical (unpaired) electrons. The summed E-state index contributed by atoms with van der Waals surface area (Å²) < 4.78 is 2.09. The molecular weight excluding hydrogens is 200 g/mol. The molecule has 0 saturated heterocycles. The number of hydrogen-bond donors (Lipinski definition) is 1. The van der Waals surface area contributed by atoms with E-state index in [9.17, 15) is 0 Å². The fourth-order valence-corrected chi connectivity index (χ4v) is 1.88. The highest BCUT2D eigenvalue weighted by Gasteiger charge is 2.13. The molecule has 0 amide bonds. The van der Waals surface area contributed by atoms with Gasteiger partial charge < -0.3 is 15.2 Å². The second kappa shape index (κ2) is 4.14. The fourth-order valence-electron chi connectivity index (χ4n) is 1.88. The third-order valence-corrected chi connectivity index (χ3v) is 3.12. The summed E-state index contributed by atoms with van der Waals surface area (Å²) in [5, 5.41) is 0. The molecule has 0 aromatic carbocycles. The standard InChI is InChI=1S/C12H18N4/c1-9(8-13)16(3)11-4-6-14-10-5-7-15(2)12(10)11/h4-7,9H,8,13H2,1-3H3. The van der Waals surface area contributed by atoms with Crippen molar-refractivity contribution in [1.29, 1.82) is 0 Å². The van der Waals surface area contributed by atoms with Gasteiger partial charge in [-0.3, -0.25) is 4.98 Å². The Hall–Kier alpha value is -1.55. The van der Waals surface area contributed by atoms with Crippen LogP contribution in [0.1, 0.15) is 6.92 Å². The van der Waals surface area contributed by atoms with E-state index in [-0.39, 0.29) is 0 Å². The summed E-state index contributed by atoms with van der Waals surface area (Å²) in [4.78, 5) is 6.55. The summed E-state index contributed by atoms with van der Waals surface area (Å²) in [6.07, 6.45) is 3.87. The monoisotopic (exact) mass is 218 g/mol. The van der Waals surface area contributed by atoms with Gasteiger partial charge in [0, 0.05) is 39.1 Å². The lowest BCUT2D eigenvalue weighted by Crippen LogP contribution is -2.35. The molecule has 86 valence electrons. The zero-order valence-electron chi connectivity index (χ0n) is 10.0. The van der Waals surface area contributed by atoms with E-state index in [0.717, 1.165) is 11.0 Å². The summed E-state index contributed by atoms with van der Waals surface area (Å²) in [5.41, 5.74) is 9.06. The number of anilines is 1. The van der Waals surface area contributed by atoms with E-state index in [1.807, 2.05) is 31.6 Å². The molecule has 4 nitrogen and oxygen atoms in total. The quantitative estimate of drug-likeness (QED) is 0.846. The molecule has 2 aromatic heterocycles. The highest BCUT2D eigenvalue weighted by atomic mass is 15.2. The van der Waals surface area contributed by atoms with Gasteiger partial charge in [0.1, 0.15) is 0 Å². The van der Waals surface area contributed by atoms with Gasteiger partial charge in [-0.15, -0.1) is 0 Å². The van der Waals surface area contributed by atoms with Crippen LogP contribution in [0.5, 0.6) is 0 Å². The summed E-state index contributed by atoms with van der Waals surface area (Å²) in [6, 6.07) is 4.38. The maximum absolute atomic E-state index is 5.70. The van der Waals surface area contributed by atoms with Gasteiger partial charge in [0.25, 0.3) is 0 Å². The molecule has 0 aliphatic carbocycles. The Bertz CT molecular complexity index is 489. The van der Waals surface area contributed by atoms with Crippen LogP contribution in [0, 0.1) is 0 Å². The second-order valence-corrected chi connectivity index (χ2v) is 4.19. The van der Waals surface area contributed by atoms with Gasteiger partial charge in [0.15, 0.2) is 0 Å². The van der Waals surface area contributed by atoms with E-state index in [4.69, 9.17) is 5.73 Å². The van der Waals surface area contributed by atoms with E-state index >= 15 is 0 Å². The van der Waals surface area contributed by atoms with Crippen molar-refractivity contribution in [1.82, 2.24) is 9.55 Å². The zero-order chi connectivity index (χ0) is 11.7. The van der Waals surface area contributed by atoms with E-state index in [2.05, 4.69) is 28.4 Å². The van der Waals surface area contributed by atoms with Crippen LogP contribution in [-0.4, -0.2) is 29.2 Å². The number of rotatable bonds is 3. The number of nitrogens with zero attached hydrogens (tertiary/aromatic N) is 3. The molecule has 1 unspecified atom stereocenters. The minimum Gasteiger partial charge on any atom is -0.369 e. The Kier molecular flexibility index (Phi) is 2.83. The first-order valence-corrected chi connectivity index (χ1v) is 5.48. The van der Waals surface area contributed by atoms with Crippen molar-refractivity contribution in [3.8, 4) is 0 Å². The van der Waals surface area contributed by atoms with Crippen molar-refractivity contribution in [2.75, 3.05) is 18.5 Å². The van der Waals surface area contributed by atoms with Crippen molar-refractivity contribution in [2.45, 2.75) is 13.0 Å². The molecule has 1 atom stereocenters. The van der Waals surface area contributed by atoms with Crippen LogP contribution in [0.3, 0.4) is 0 Å². The zero-order valence-corrected chi connectivity index (χ0v) is 10.0. The van der Waals surface area contributed by atoms with Gasteiger partial charge in [-0.05, 0) is 19.1 Å². The lowest BCUT2D eigenvalue weighted by molar-refractivity contribution is 0.695. The van der Waals surface area contributed by atoms with E-state index in [0.29, 0.717) is 12.6 Å². The van der Waals surface area contributed by atoms with Crippen LogP contribution < -0.4 is 10.6 Å². The van der Waals surface area contributed by atoms with Crippen molar-refractivity contribution >= 4 is 16.7 Å². The Morgan fingerprint density at radius 3 is 2.94 bits per heavy atom. The first-order chi connectivity index (χ1) is 7.65. The highest BCUT2D eigenvalue weighted by Crippen LogP contribution is 2.25. The smallest absolute Gasteiger partial charge is 0.0903 e. The average molecular weight is 218 g/mol. The van der Waals surface area contributed by atoms with Gasteiger partial charge in [-0.1, -0.05) is 0 Å². The Labute approximate surface area is 95.7 Å². The van der Waals surface area contributed by atoms with E-state index < -0.39 is 0 Å².